The van der Waals surface area contributed by atoms with Crippen LogP contribution >= 0.6 is 0 Å². The van der Waals surface area contributed by atoms with Crippen molar-refractivity contribution in [3.63, 3.8) is 0 Å². The molecule has 0 aliphatic heterocycles. The molecule has 0 amide bonds. The molecule has 2 nitrogen and oxygen atoms in total. The van der Waals surface area contributed by atoms with Gasteiger partial charge in [0.05, 0.1) is 7.11 Å². The van der Waals surface area contributed by atoms with Gasteiger partial charge in [-0.05, 0) is 47.9 Å². The normalized spacial score (nSPS) is 13.1. The third-order valence-electron chi connectivity index (χ3n) is 3.66. The van der Waals surface area contributed by atoms with E-state index in [0.29, 0.717) is 17.8 Å². The van der Waals surface area contributed by atoms with Gasteiger partial charge in [-0.15, -0.1) is 0 Å². The van der Waals surface area contributed by atoms with Gasteiger partial charge in [0, 0.05) is 0 Å². The van der Waals surface area contributed by atoms with Crippen molar-refractivity contribution in [2.45, 2.75) is 40.0 Å². The number of nitrogens with two attached hydrogens (primary N) is 1. The number of hydrogen-bond acceptors (Lipinski definition) is 2. The molecule has 0 spiro atoms. The highest BCUT2D eigenvalue weighted by Gasteiger charge is 2.14. The maximum absolute atomic E-state index is 5.85. The summed E-state index contributed by atoms with van der Waals surface area (Å²) in [5, 5.41) is 0. The third kappa shape index (κ3) is 3.74. The minimum atomic E-state index is 0.482. The van der Waals surface area contributed by atoms with Crippen molar-refractivity contribution in [3.8, 4) is 5.75 Å². The van der Waals surface area contributed by atoms with Crippen LogP contribution in [0.25, 0.3) is 0 Å². The van der Waals surface area contributed by atoms with E-state index in [1.54, 1.807) is 7.11 Å². The first-order valence-electron chi connectivity index (χ1n) is 6.86. The molecular formula is C16H27NO. The van der Waals surface area contributed by atoms with E-state index in [1.165, 1.54) is 11.1 Å². The van der Waals surface area contributed by atoms with Crippen molar-refractivity contribution in [2.75, 3.05) is 13.7 Å². The Hall–Kier alpha value is -1.02. The molecule has 1 aromatic rings. The number of benzene rings is 1. The second kappa shape index (κ2) is 6.79. The molecule has 1 aromatic carbocycles. The van der Waals surface area contributed by atoms with E-state index in [1.807, 2.05) is 0 Å². The second-order valence-electron chi connectivity index (χ2n) is 5.67. The molecule has 0 aliphatic rings. The zero-order chi connectivity index (χ0) is 13.7. The maximum Gasteiger partial charge on any atom is 0.122 e. The summed E-state index contributed by atoms with van der Waals surface area (Å²) >= 11 is 0. The first-order valence-corrected chi connectivity index (χ1v) is 6.86. The molecule has 0 aliphatic carbocycles. The molecule has 0 saturated heterocycles. The Balaban J connectivity index is 2.94. The number of methoxy groups -OCH3 is 1. The summed E-state index contributed by atoms with van der Waals surface area (Å²) in [5.41, 5.74) is 8.50. The quantitative estimate of drug-likeness (QED) is 0.836. The van der Waals surface area contributed by atoms with Crippen molar-refractivity contribution in [3.05, 3.63) is 29.3 Å². The summed E-state index contributed by atoms with van der Waals surface area (Å²) < 4.78 is 5.42. The fourth-order valence-corrected chi connectivity index (χ4v) is 2.26. The van der Waals surface area contributed by atoms with Gasteiger partial charge in [-0.25, -0.2) is 0 Å². The Kier molecular flexibility index (Phi) is 5.67. The first-order chi connectivity index (χ1) is 8.49. The van der Waals surface area contributed by atoms with Crippen LogP contribution in [0.4, 0.5) is 0 Å². The van der Waals surface area contributed by atoms with E-state index in [4.69, 9.17) is 10.5 Å². The summed E-state index contributed by atoms with van der Waals surface area (Å²) in [6, 6.07) is 6.52. The van der Waals surface area contributed by atoms with Gasteiger partial charge in [0.2, 0.25) is 0 Å². The first kappa shape index (κ1) is 15.0. The molecule has 0 aromatic heterocycles. The standard InChI is InChI=1S/C16H27NO/c1-11(2)14(10-17)8-13-6-7-16(18-5)15(9-13)12(3)4/h6-7,9,11-12,14H,8,10,17H2,1-5H3. The zero-order valence-electron chi connectivity index (χ0n) is 12.4. The van der Waals surface area contributed by atoms with Crippen LogP contribution in [-0.4, -0.2) is 13.7 Å². The summed E-state index contributed by atoms with van der Waals surface area (Å²) in [7, 11) is 1.73. The molecule has 1 atom stereocenters. The molecule has 1 unspecified atom stereocenters. The summed E-state index contributed by atoms with van der Waals surface area (Å²) in [5.74, 6) is 2.65. The van der Waals surface area contributed by atoms with Gasteiger partial charge in [-0.3, -0.25) is 0 Å². The lowest BCUT2D eigenvalue weighted by molar-refractivity contribution is 0.390. The van der Waals surface area contributed by atoms with Crippen LogP contribution in [0.3, 0.4) is 0 Å². The molecule has 0 radical (unpaired) electrons. The van der Waals surface area contributed by atoms with Crippen LogP contribution in [0.1, 0.15) is 44.7 Å². The van der Waals surface area contributed by atoms with Gasteiger partial charge in [0.25, 0.3) is 0 Å². The lowest BCUT2D eigenvalue weighted by Gasteiger charge is -2.20. The topological polar surface area (TPSA) is 35.2 Å². The summed E-state index contributed by atoms with van der Waals surface area (Å²) in [4.78, 5) is 0. The Labute approximate surface area is 112 Å². The van der Waals surface area contributed by atoms with Gasteiger partial charge in [-0.2, -0.15) is 0 Å². The van der Waals surface area contributed by atoms with Gasteiger partial charge < -0.3 is 10.5 Å². The monoisotopic (exact) mass is 249 g/mol. The van der Waals surface area contributed by atoms with Crippen molar-refractivity contribution < 1.29 is 4.74 Å². The second-order valence-corrected chi connectivity index (χ2v) is 5.67. The van der Waals surface area contributed by atoms with Crippen LogP contribution in [-0.2, 0) is 6.42 Å². The molecule has 0 fully saturated rings. The Morgan fingerprint density at radius 2 is 1.83 bits per heavy atom. The van der Waals surface area contributed by atoms with E-state index in [9.17, 15) is 0 Å². The Morgan fingerprint density at radius 3 is 2.28 bits per heavy atom. The predicted octanol–water partition coefficient (Wildman–Crippen LogP) is 3.59. The lowest BCUT2D eigenvalue weighted by Crippen LogP contribution is -2.22. The molecular weight excluding hydrogens is 222 g/mol. The average molecular weight is 249 g/mol. The average Bonchev–Trinajstić information content (AvgIpc) is 2.35. The molecule has 102 valence electrons. The molecule has 1 rings (SSSR count). The maximum atomic E-state index is 5.85. The van der Waals surface area contributed by atoms with Crippen LogP contribution in [0, 0.1) is 11.8 Å². The Morgan fingerprint density at radius 1 is 1.17 bits per heavy atom. The van der Waals surface area contributed by atoms with Crippen molar-refractivity contribution in [2.24, 2.45) is 17.6 Å². The predicted molar refractivity (Wildman–Crippen MR) is 78.2 cm³/mol. The van der Waals surface area contributed by atoms with Crippen LogP contribution < -0.4 is 10.5 Å². The van der Waals surface area contributed by atoms with Crippen LogP contribution in [0.2, 0.25) is 0 Å². The summed E-state index contributed by atoms with van der Waals surface area (Å²) in [6.07, 6.45) is 1.05. The highest BCUT2D eigenvalue weighted by molar-refractivity contribution is 5.39. The molecule has 2 heteroatoms. The number of ether oxygens (including phenoxy) is 1. The number of rotatable bonds is 6. The fourth-order valence-electron chi connectivity index (χ4n) is 2.26. The van der Waals surface area contributed by atoms with Gasteiger partial charge in [0.1, 0.15) is 5.75 Å². The lowest BCUT2D eigenvalue weighted by atomic mass is 9.88. The highest BCUT2D eigenvalue weighted by Crippen LogP contribution is 2.28. The smallest absolute Gasteiger partial charge is 0.122 e. The minimum Gasteiger partial charge on any atom is -0.496 e. The Bertz CT molecular complexity index is 371. The van der Waals surface area contributed by atoms with E-state index >= 15 is 0 Å². The van der Waals surface area contributed by atoms with E-state index in [0.717, 1.165) is 18.7 Å². The van der Waals surface area contributed by atoms with E-state index in [-0.39, 0.29) is 0 Å². The zero-order valence-corrected chi connectivity index (χ0v) is 12.4. The molecule has 0 bridgehead atoms. The largest absolute Gasteiger partial charge is 0.496 e. The van der Waals surface area contributed by atoms with Crippen LogP contribution in [0.5, 0.6) is 5.75 Å². The highest BCUT2D eigenvalue weighted by atomic mass is 16.5. The van der Waals surface area contributed by atoms with Gasteiger partial charge in [-0.1, -0.05) is 39.8 Å². The SMILES string of the molecule is COc1ccc(CC(CN)C(C)C)cc1C(C)C. The molecule has 0 saturated carbocycles. The molecule has 18 heavy (non-hydrogen) atoms. The summed E-state index contributed by atoms with van der Waals surface area (Å²) in [6.45, 7) is 9.63. The molecule has 2 N–H and O–H groups in total. The molecule has 0 heterocycles. The van der Waals surface area contributed by atoms with E-state index in [2.05, 4.69) is 45.9 Å². The van der Waals surface area contributed by atoms with Crippen molar-refractivity contribution in [1.82, 2.24) is 0 Å². The van der Waals surface area contributed by atoms with Crippen molar-refractivity contribution in [1.29, 1.82) is 0 Å². The van der Waals surface area contributed by atoms with Crippen LogP contribution in [0.15, 0.2) is 18.2 Å². The number of hydrogen-bond donors (Lipinski definition) is 1. The minimum absolute atomic E-state index is 0.482. The van der Waals surface area contributed by atoms with E-state index < -0.39 is 0 Å². The third-order valence-corrected chi connectivity index (χ3v) is 3.66. The van der Waals surface area contributed by atoms with Gasteiger partial charge in [0.15, 0.2) is 0 Å². The van der Waals surface area contributed by atoms with Gasteiger partial charge >= 0.3 is 0 Å². The fraction of sp³-hybridized carbons (Fsp3) is 0.625. The van der Waals surface area contributed by atoms with Crippen molar-refractivity contribution >= 4 is 0 Å².